The molecule has 0 fully saturated rings. The fourth-order valence-electron chi connectivity index (χ4n) is 1.56. The number of hydrogen-bond acceptors (Lipinski definition) is 5. The third kappa shape index (κ3) is 4.62. The molecule has 0 atom stereocenters. The van der Waals surface area contributed by atoms with Crippen molar-refractivity contribution >= 4 is 17.6 Å². The number of aryl methyl sites for hydroxylation is 1. The Morgan fingerprint density at radius 1 is 1.32 bits per heavy atom. The summed E-state index contributed by atoms with van der Waals surface area (Å²) in [6, 6.07) is 5.08. The fraction of sp³-hybridized carbons (Fsp3) is 0.429. The molecule has 0 bridgehead atoms. The Bertz CT molecular complexity index is 469. The van der Waals surface area contributed by atoms with Gasteiger partial charge >= 0.3 is 11.9 Å². The molecule has 0 saturated heterocycles. The number of carbonyl (C=O) groups is 2. The zero-order chi connectivity index (χ0) is 14.4. The fourth-order valence-corrected chi connectivity index (χ4v) is 1.56. The van der Waals surface area contributed by atoms with Crippen LogP contribution >= 0.6 is 0 Å². The molecule has 1 aromatic carbocycles. The molecule has 2 N–H and O–H groups in total. The molecule has 104 valence electrons. The van der Waals surface area contributed by atoms with Crippen LogP contribution in [0.3, 0.4) is 0 Å². The molecule has 1 aromatic rings. The summed E-state index contributed by atoms with van der Waals surface area (Å²) in [5.74, 6) is -0.740. The van der Waals surface area contributed by atoms with Crippen molar-refractivity contribution in [1.29, 1.82) is 0 Å². The molecule has 0 spiro atoms. The van der Waals surface area contributed by atoms with Crippen LogP contribution < -0.4 is 5.73 Å². The summed E-state index contributed by atoms with van der Waals surface area (Å²) in [5.41, 5.74) is 7.30. The number of ether oxygens (including phenoxy) is 2. The maximum absolute atomic E-state index is 11.8. The van der Waals surface area contributed by atoms with E-state index in [1.807, 2.05) is 0 Å². The second kappa shape index (κ2) is 6.78. The van der Waals surface area contributed by atoms with E-state index in [4.69, 9.17) is 10.5 Å². The minimum atomic E-state index is -0.451. The molecule has 19 heavy (non-hydrogen) atoms. The first-order valence-electron chi connectivity index (χ1n) is 6.10. The summed E-state index contributed by atoms with van der Waals surface area (Å²) in [7, 11) is 1.34. The number of nitrogen functional groups attached to an aromatic ring is 1. The van der Waals surface area contributed by atoms with Crippen molar-refractivity contribution in [3.05, 3.63) is 29.3 Å². The Kier molecular flexibility index (Phi) is 5.36. The predicted molar refractivity (Wildman–Crippen MR) is 71.7 cm³/mol. The SMILES string of the molecule is COC(=O)CCc1ccc(N)c(C(=O)OC(C)C)c1. The number of hydrogen-bond donors (Lipinski definition) is 1. The van der Waals surface area contributed by atoms with Gasteiger partial charge in [-0.1, -0.05) is 6.07 Å². The lowest BCUT2D eigenvalue weighted by atomic mass is 10.0. The third-order valence-electron chi connectivity index (χ3n) is 2.53. The minimum Gasteiger partial charge on any atom is -0.469 e. The highest BCUT2D eigenvalue weighted by atomic mass is 16.5. The van der Waals surface area contributed by atoms with Crippen molar-refractivity contribution in [3.63, 3.8) is 0 Å². The summed E-state index contributed by atoms with van der Waals surface area (Å²) in [4.78, 5) is 22.9. The van der Waals surface area contributed by atoms with Crippen LogP contribution in [-0.2, 0) is 20.7 Å². The van der Waals surface area contributed by atoms with Gasteiger partial charge in [-0.25, -0.2) is 4.79 Å². The Hall–Kier alpha value is -2.04. The summed E-state index contributed by atoms with van der Waals surface area (Å²) in [6.45, 7) is 3.55. The number of methoxy groups -OCH3 is 1. The highest BCUT2D eigenvalue weighted by Gasteiger charge is 2.14. The topological polar surface area (TPSA) is 78.6 Å². The van der Waals surface area contributed by atoms with Gasteiger partial charge in [0.1, 0.15) is 0 Å². The van der Waals surface area contributed by atoms with Crippen LogP contribution in [-0.4, -0.2) is 25.2 Å². The zero-order valence-corrected chi connectivity index (χ0v) is 11.4. The van der Waals surface area contributed by atoms with Crippen molar-refractivity contribution in [3.8, 4) is 0 Å². The molecule has 0 radical (unpaired) electrons. The molecule has 0 amide bonds. The summed E-state index contributed by atoms with van der Waals surface area (Å²) in [5, 5.41) is 0. The zero-order valence-electron chi connectivity index (χ0n) is 11.4. The summed E-state index contributed by atoms with van der Waals surface area (Å²) in [6.07, 6.45) is 0.555. The maximum atomic E-state index is 11.8. The van der Waals surface area contributed by atoms with E-state index in [0.29, 0.717) is 17.7 Å². The van der Waals surface area contributed by atoms with Gasteiger partial charge in [-0.3, -0.25) is 4.79 Å². The minimum absolute atomic E-state index is 0.203. The van der Waals surface area contributed by atoms with Crippen molar-refractivity contribution in [2.45, 2.75) is 32.8 Å². The smallest absolute Gasteiger partial charge is 0.340 e. The first kappa shape index (κ1) is 15.0. The van der Waals surface area contributed by atoms with Gasteiger partial charge in [-0.15, -0.1) is 0 Å². The van der Waals surface area contributed by atoms with Crippen molar-refractivity contribution in [2.24, 2.45) is 0 Å². The number of rotatable bonds is 5. The lowest BCUT2D eigenvalue weighted by Gasteiger charge is -2.11. The molecule has 0 heterocycles. The van der Waals surface area contributed by atoms with Crippen LogP contribution in [0, 0.1) is 0 Å². The summed E-state index contributed by atoms with van der Waals surface area (Å²) >= 11 is 0. The van der Waals surface area contributed by atoms with Crippen LogP contribution in [0.1, 0.15) is 36.2 Å². The number of anilines is 1. The predicted octanol–water partition coefficient (Wildman–Crippen LogP) is 1.94. The molecule has 0 aliphatic heterocycles. The molecule has 5 heteroatoms. The van der Waals surface area contributed by atoms with Crippen LogP contribution in [0.5, 0.6) is 0 Å². The largest absolute Gasteiger partial charge is 0.469 e. The first-order valence-corrected chi connectivity index (χ1v) is 6.10. The third-order valence-corrected chi connectivity index (χ3v) is 2.53. The van der Waals surface area contributed by atoms with E-state index in [2.05, 4.69) is 4.74 Å². The second-order valence-corrected chi connectivity index (χ2v) is 4.45. The molecule has 0 aliphatic carbocycles. The van der Waals surface area contributed by atoms with Gasteiger partial charge in [0, 0.05) is 12.1 Å². The van der Waals surface area contributed by atoms with E-state index in [0.717, 1.165) is 5.56 Å². The van der Waals surface area contributed by atoms with Crippen LogP contribution in [0.15, 0.2) is 18.2 Å². The first-order chi connectivity index (χ1) is 8.93. The molecular formula is C14H19NO4. The van der Waals surface area contributed by atoms with Gasteiger partial charge in [-0.2, -0.15) is 0 Å². The van der Waals surface area contributed by atoms with Crippen molar-refractivity contribution < 1.29 is 19.1 Å². The molecule has 0 unspecified atom stereocenters. The van der Waals surface area contributed by atoms with Crippen LogP contribution in [0.2, 0.25) is 0 Å². The lowest BCUT2D eigenvalue weighted by Crippen LogP contribution is -2.14. The average molecular weight is 265 g/mol. The Balaban J connectivity index is 2.82. The summed E-state index contributed by atoms with van der Waals surface area (Å²) < 4.78 is 9.68. The van der Waals surface area contributed by atoms with E-state index in [1.165, 1.54) is 7.11 Å². The van der Waals surface area contributed by atoms with E-state index in [1.54, 1.807) is 32.0 Å². The van der Waals surface area contributed by atoms with Gasteiger partial charge < -0.3 is 15.2 Å². The molecule has 5 nitrogen and oxygen atoms in total. The second-order valence-electron chi connectivity index (χ2n) is 4.45. The Morgan fingerprint density at radius 2 is 2.00 bits per heavy atom. The lowest BCUT2D eigenvalue weighted by molar-refractivity contribution is -0.140. The van der Waals surface area contributed by atoms with E-state index >= 15 is 0 Å². The highest BCUT2D eigenvalue weighted by molar-refractivity contribution is 5.95. The molecule has 0 aliphatic rings. The van der Waals surface area contributed by atoms with E-state index < -0.39 is 5.97 Å². The Labute approximate surface area is 112 Å². The van der Waals surface area contributed by atoms with Gasteiger partial charge in [0.15, 0.2) is 0 Å². The van der Waals surface area contributed by atoms with E-state index in [-0.39, 0.29) is 18.5 Å². The van der Waals surface area contributed by atoms with Gasteiger partial charge in [0.05, 0.1) is 18.8 Å². The van der Waals surface area contributed by atoms with Crippen molar-refractivity contribution in [1.82, 2.24) is 0 Å². The van der Waals surface area contributed by atoms with Gasteiger partial charge in [0.2, 0.25) is 0 Å². The monoisotopic (exact) mass is 265 g/mol. The van der Waals surface area contributed by atoms with E-state index in [9.17, 15) is 9.59 Å². The van der Waals surface area contributed by atoms with Gasteiger partial charge in [-0.05, 0) is 38.0 Å². The number of benzene rings is 1. The molecular weight excluding hydrogens is 246 g/mol. The Morgan fingerprint density at radius 3 is 2.58 bits per heavy atom. The number of nitrogens with two attached hydrogens (primary N) is 1. The van der Waals surface area contributed by atoms with Crippen molar-refractivity contribution in [2.75, 3.05) is 12.8 Å². The average Bonchev–Trinajstić information content (AvgIpc) is 2.36. The molecule has 1 rings (SSSR count). The standard InChI is InChI=1S/C14H19NO4/c1-9(2)19-14(17)11-8-10(4-6-12(11)15)5-7-13(16)18-3/h4,6,8-9H,5,7,15H2,1-3H3. The number of carbonyl (C=O) groups excluding carboxylic acids is 2. The quantitative estimate of drug-likeness (QED) is 0.650. The normalized spacial score (nSPS) is 10.3. The molecule has 0 saturated carbocycles. The highest BCUT2D eigenvalue weighted by Crippen LogP contribution is 2.17. The maximum Gasteiger partial charge on any atom is 0.340 e. The van der Waals surface area contributed by atoms with Crippen LogP contribution in [0.25, 0.3) is 0 Å². The van der Waals surface area contributed by atoms with Gasteiger partial charge in [0.25, 0.3) is 0 Å². The van der Waals surface area contributed by atoms with Crippen LogP contribution in [0.4, 0.5) is 5.69 Å². The molecule has 0 aromatic heterocycles. The number of esters is 2.